The number of aromatic nitrogens is 6. The minimum atomic E-state index is -0.135. The van der Waals surface area contributed by atoms with Crippen LogP contribution in [-0.2, 0) is 19.8 Å². The molecule has 8 nitrogen and oxygen atoms in total. The fraction of sp³-hybridized carbons (Fsp3) is 0.444. The molecule has 27 heavy (non-hydrogen) atoms. The first-order valence-corrected chi connectivity index (χ1v) is 9.19. The Bertz CT molecular complexity index is 969. The van der Waals surface area contributed by atoms with Crippen LogP contribution in [0.25, 0.3) is 0 Å². The number of nitrogens with zero attached hydrogens (tertiary/aromatic N) is 7. The van der Waals surface area contributed by atoms with Gasteiger partial charge in [0.05, 0.1) is 22.6 Å². The molecule has 0 radical (unpaired) electrons. The lowest BCUT2D eigenvalue weighted by Gasteiger charge is -2.15. The third kappa shape index (κ3) is 3.75. The van der Waals surface area contributed by atoms with Crippen LogP contribution in [0.15, 0.2) is 18.5 Å². The Kier molecular flexibility index (Phi) is 5.36. The van der Waals surface area contributed by atoms with Crippen LogP contribution in [0.5, 0.6) is 0 Å². The van der Waals surface area contributed by atoms with Crippen molar-refractivity contribution >= 4 is 17.5 Å². The van der Waals surface area contributed by atoms with Crippen LogP contribution in [0, 0.1) is 20.8 Å². The van der Waals surface area contributed by atoms with Gasteiger partial charge in [0.2, 0.25) is 0 Å². The zero-order valence-electron chi connectivity index (χ0n) is 16.3. The highest BCUT2D eigenvalue weighted by atomic mass is 35.5. The third-order valence-electron chi connectivity index (χ3n) is 4.69. The number of carbonyl (C=O) groups excluding carboxylic acids is 1. The van der Waals surface area contributed by atoms with Gasteiger partial charge >= 0.3 is 0 Å². The molecule has 144 valence electrons. The van der Waals surface area contributed by atoms with Gasteiger partial charge in [-0.15, -0.1) is 0 Å². The number of carbonyl (C=O) groups is 1. The van der Waals surface area contributed by atoms with Gasteiger partial charge in [-0.3, -0.25) is 14.2 Å². The lowest BCUT2D eigenvalue weighted by molar-refractivity contribution is 0.0778. The van der Waals surface area contributed by atoms with Crippen LogP contribution in [0.3, 0.4) is 0 Å². The number of amides is 1. The summed E-state index contributed by atoms with van der Waals surface area (Å²) < 4.78 is 5.37. The van der Waals surface area contributed by atoms with Crippen molar-refractivity contribution in [2.45, 2.75) is 47.5 Å². The molecule has 3 rings (SSSR count). The molecule has 0 saturated carbocycles. The second-order valence-corrected chi connectivity index (χ2v) is 6.98. The van der Waals surface area contributed by atoms with E-state index in [-0.39, 0.29) is 5.91 Å². The van der Waals surface area contributed by atoms with Crippen molar-refractivity contribution in [3.63, 3.8) is 0 Å². The highest BCUT2D eigenvalue weighted by Crippen LogP contribution is 2.19. The fourth-order valence-electron chi connectivity index (χ4n) is 2.99. The van der Waals surface area contributed by atoms with Gasteiger partial charge in [0, 0.05) is 37.6 Å². The number of hydrogen-bond donors (Lipinski definition) is 0. The molecule has 0 aliphatic rings. The molecule has 0 aromatic carbocycles. The Labute approximate surface area is 163 Å². The summed E-state index contributed by atoms with van der Waals surface area (Å²) in [4.78, 5) is 14.4. The van der Waals surface area contributed by atoms with E-state index in [1.807, 2.05) is 38.6 Å². The summed E-state index contributed by atoms with van der Waals surface area (Å²) in [5.41, 5.74) is 4.15. The molecular formula is C18H24ClN7O. The smallest absolute Gasteiger partial charge is 0.274 e. The lowest BCUT2D eigenvalue weighted by Crippen LogP contribution is -2.27. The summed E-state index contributed by atoms with van der Waals surface area (Å²) in [6.07, 6.45) is 3.58. The number of halogens is 1. The van der Waals surface area contributed by atoms with Gasteiger partial charge in [-0.25, -0.2) is 4.68 Å². The lowest BCUT2D eigenvalue weighted by atomic mass is 10.2. The van der Waals surface area contributed by atoms with Crippen molar-refractivity contribution in [3.05, 3.63) is 51.8 Å². The normalized spacial score (nSPS) is 11.2. The summed E-state index contributed by atoms with van der Waals surface area (Å²) in [6, 6.07) is 1.72. The Morgan fingerprint density at radius 2 is 1.93 bits per heavy atom. The van der Waals surface area contributed by atoms with Gasteiger partial charge in [0.25, 0.3) is 5.91 Å². The first-order chi connectivity index (χ1) is 12.8. The highest BCUT2D eigenvalue weighted by molar-refractivity contribution is 6.31. The van der Waals surface area contributed by atoms with E-state index < -0.39 is 0 Å². The summed E-state index contributed by atoms with van der Waals surface area (Å²) in [5.74, 6) is -0.135. The Balaban J connectivity index is 1.70. The van der Waals surface area contributed by atoms with Crippen LogP contribution in [0.1, 0.15) is 40.1 Å². The van der Waals surface area contributed by atoms with E-state index in [0.29, 0.717) is 23.9 Å². The van der Waals surface area contributed by atoms with Crippen molar-refractivity contribution in [1.29, 1.82) is 0 Å². The molecule has 0 aliphatic heterocycles. The summed E-state index contributed by atoms with van der Waals surface area (Å²) in [7, 11) is 1.77. The number of aryl methyl sites for hydroxylation is 2. The molecule has 3 heterocycles. The monoisotopic (exact) mass is 389 g/mol. The molecular weight excluding hydrogens is 366 g/mol. The van der Waals surface area contributed by atoms with E-state index in [1.54, 1.807) is 33.6 Å². The Morgan fingerprint density at radius 3 is 2.52 bits per heavy atom. The van der Waals surface area contributed by atoms with E-state index in [1.165, 1.54) is 0 Å². The van der Waals surface area contributed by atoms with Gasteiger partial charge in [-0.2, -0.15) is 15.3 Å². The molecule has 0 bridgehead atoms. The minimum absolute atomic E-state index is 0.135. The van der Waals surface area contributed by atoms with Crippen molar-refractivity contribution in [2.75, 3.05) is 7.05 Å². The van der Waals surface area contributed by atoms with Crippen molar-refractivity contribution in [1.82, 2.24) is 34.2 Å². The topological polar surface area (TPSA) is 73.8 Å². The predicted molar refractivity (Wildman–Crippen MR) is 103 cm³/mol. The molecule has 3 aromatic rings. The summed E-state index contributed by atoms with van der Waals surface area (Å²) in [6.45, 7) is 9.53. The molecule has 0 spiro atoms. The zero-order valence-corrected chi connectivity index (χ0v) is 17.0. The van der Waals surface area contributed by atoms with Crippen LogP contribution in [0.2, 0.25) is 5.02 Å². The number of rotatable bonds is 6. The molecule has 9 heteroatoms. The fourth-order valence-corrected chi connectivity index (χ4v) is 3.12. The van der Waals surface area contributed by atoms with Gasteiger partial charge < -0.3 is 4.90 Å². The van der Waals surface area contributed by atoms with Crippen LogP contribution in [0.4, 0.5) is 0 Å². The molecule has 0 saturated heterocycles. The Hall–Kier alpha value is -2.61. The van der Waals surface area contributed by atoms with Gasteiger partial charge in [0.1, 0.15) is 12.4 Å². The molecule has 3 aromatic heterocycles. The summed E-state index contributed by atoms with van der Waals surface area (Å²) >= 11 is 6.18. The maximum absolute atomic E-state index is 12.7. The maximum Gasteiger partial charge on any atom is 0.274 e. The molecule has 0 atom stereocenters. The SMILES string of the molecule is CCn1ncc(CN(C)C(=O)c2ccn(Cn3nc(C)c(Cl)c3C)n2)c1C. The van der Waals surface area contributed by atoms with Crippen molar-refractivity contribution in [2.24, 2.45) is 0 Å². The van der Waals surface area contributed by atoms with Crippen LogP contribution < -0.4 is 0 Å². The van der Waals surface area contributed by atoms with E-state index in [9.17, 15) is 4.79 Å². The molecule has 1 amide bonds. The molecule has 0 N–H and O–H groups in total. The summed E-state index contributed by atoms with van der Waals surface area (Å²) in [5, 5.41) is 13.8. The third-order valence-corrected chi connectivity index (χ3v) is 5.24. The quantitative estimate of drug-likeness (QED) is 0.649. The van der Waals surface area contributed by atoms with Crippen LogP contribution >= 0.6 is 11.6 Å². The Morgan fingerprint density at radius 1 is 1.19 bits per heavy atom. The number of hydrogen-bond acceptors (Lipinski definition) is 4. The second-order valence-electron chi connectivity index (χ2n) is 6.60. The van der Waals surface area contributed by atoms with Crippen LogP contribution in [-0.4, -0.2) is 47.2 Å². The minimum Gasteiger partial charge on any atom is -0.336 e. The molecule has 0 fully saturated rings. The van der Waals surface area contributed by atoms with Gasteiger partial charge in [-0.05, 0) is 33.8 Å². The standard InChI is InChI=1S/C18H24ClN7O/c1-6-25-13(3)15(9-20-25)10-23(5)18(27)16-7-8-24(22-16)11-26-14(4)17(19)12(2)21-26/h7-9H,6,10-11H2,1-5H3. The van der Waals surface area contributed by atoms with E-state index in [0.717, 1.165) is 29.2 Å². The van der Waals surface area contributed by atoms with Crippen molar-refractivity contribution < 1.29 is 4.79 Å². The maximum atomic E-state index is 12.7. The van der Waals surface area contributed by atoms with Gasteiger partial charge in [0.15, 0.2) is 0 Å². The van der Waals surface area contributed by atoms with Gasteiger partial charge in [-0.1, -0.05) is 11.6 Å². The average Bonchev–Trinajstić information content (AvgIpc) is 3.31. The molecule has 0 aliphatic carbocycles. The van der Waals surface area contributed by atoms with Crippen molar-refractivity contribution in [3.8, 4) is 0 Å². The van der Waals surface area contributed by atoms with E-state index in [4.69, 9.17) is 11.6 Å². The first kappa shape index (κ1) is 19.2. The zero-order chi connectivity index (χ0) is 19.7. The second kappa shape index (κ2) is 7.56. The first-order valence-electron chi connectivity index (χ1n) is 8.81. The van der Waals surface area contributed by atoms with E-state index >= 15 is 0 Å². The molecule has 0 unspecified atom stereocenters. The average molecular weight is 390 g/mol. The van der Waals surface area contributed by atoms with E-state index in [2.05, 4.69) is 15.3 Å². The largest absolute Gasteiger partial charge is 0.336 e. The highest BCUT2D eigenvalue weighted by Gasteiger charge is 2.18. The predicted octanol–water partition coefficient (Wildman–Crippen LogP) is 2.65.